The van der Waals surface area contributed by atoms with E-state index < -0.39 is 11.6 Å². The molecule has 6 nitrogen and oxygen atoms in total. The van der Waals surface area contributed by atoms with Crippen LogP contribution < -0.4 is 5.69 Å². The number of hydrogen-bond donors (Lipinski definition) is 2. The normalized spacial score (nSPS) is 11.6. The van der Waals surface area contributed by atoms with E-state index in [9.17, 15) is 13.6 Å². The summed E-state index contributed by atoms with van der Waals surface area (Å²) in [6.45, 7) is 3.61. The Balaban J connectivity index is 1.91. The van der Waals surface area contributed by atoms with Gasteiger partial charge in [-0.25, -0.2) is 13.6 Å². The molecule has 0 amide bonds. The highest BCUT2D eigenvalue weighted by atomic mass is 19.1. The van der Waals surface area contributed by atoms with E-state index in [0.29, 0.717) is 33.6 Å². The van der Waals surface area contributed by atoms with Gasteiger partial charge in [-0.2, -0.15) is 0 Å². The summed E-state index contributed by atoms with van der Waals surface area (Å²) in [5.74, 6) is -0.806. The Kier molecular flexibility index (Phi) is 3.64. The van der Waals surface area contributed by atoms with E-state index in [1.165, 1.54) is 12.3 Å². The summed E-state index contributed by atoms with van der Waals surface area (Å²) in [4.78, 5) is 21.6. The first-order valence-corrected chi connectivity index (χ1v) is 8.86. The average Bonchev–Trinajstić information content (AvgIpc) is 3.20. The summed E-state index contributed by atoms with van der Waals surface area (Å²) in [5, 5.41) is 4.16. The van der Waals surface area contributed by atoms with Crippen molar-refractivity contribution >= 4 is 21.9 Å². The monoisotopic (exact) mass is 392 g/mol. The molecule has 0 saturated carbocycles. The minimum Gasteiger partial charge on any atom is -0.361 e. The van der Waals surface area contributed by atoms with Crippen molar-refractivity contribution in [2.75, 3.05) is 0 Å². The molecule has 144 valence electrons. The summed E-state index contributed by atoms with van der Waals surface area (Å²) < 4.78 is 33.7. The third-order valence-electron chi connectivity index (χ3n) is 5.00. The Bertz CT molecular complexity index is 1460. The molecule has 0 radical (unpaired) electrons. The van der Waals surface area contributed by atoms with Crippen molar-refractivity contribution in [3.8, 4) is 22.3 Å². The molecule has 0 unspecified atom stereocenters. The SMILES string of the molecule is Cc1noc(C)c1-c1cc(-c2ccnc3cc(F)cc(F)c23)c2[nH]c(=O)[nH]c2c1. The minimum absolute atomic E-state index is 0.174. The summed E-state index contributed by atoms with van der Waals surface area (Å²) in [6, 6.07) is 7.28. The van der Waals surface area contributed by atoms with Crippen LogP contribution in [0, 0.1) is 25.5 Å². The second kappa shape index (κ2) is 6.10. The third kappa shape index (κ3) is 2.64. The van der Waals surface area contributed by atoms with Crippen LogP contribution in [0.3, 0.4) is 0 Å². The maximum Gasteiger partial charge on any atom is 0.323 e. The summed E-state index contributed by atoms with van der Waals surface area (Å²) in [6.07, 6.45) is 1.48. The average molecular weight is 392 g/mol. The van der Waals surface area contributed by atoms with Gasteiger partial charge in [0.05, 0.1) is 22.2 Å². The largest absolute Gasteiger partial charge is 0.361 e. The number of aromatic amines is 2. The van der Waals surface area contributed by atoms with Crippen molar-refractivity contribution in [3.05, 3.63) is 70.1 Å². The number of H-pyrrole nitrogens is 2. The van der Waals surface area contributed by atoms with E-state index in [-0.39, 0.29) is 16.6 Å². The number of aromatic nitrogens is 4. The molecule has 0 bridgehead atoms. The number of hydrogen-bond acceptors (Lipinski definition) is 4. The van der Waals surface area contributed by atoms with Crippen LogP contribution >= 0.6 is 0 Å². The van der Waals surface area contributed by atoms with Crippen LogP contribution in [0.2, 0.25) is 0 Å². The van der Waals surface area contributed by atoms with Gasteiger partial charge in [-0.3, -0.25) is 4.98 Å². The van der Waals surface area contributed by atoms with Gasteiger partial charge in [0, 0.05) is 34.8 Å². The first kappa shape index (κ1) is 17.3. The van der Waals surface area contributed by atoms with Crippen LogP contribution in [0.1, 0.15) is 11.5 Å². The molecular weight excluding hydrogens is 378 g/mol. The topological polar surface area (TPSA) is 87.6 Å². The number of rotatable bonds is 2. The molecular formula is C21H14F2N4O2. The van der Waals surface area contributed by atoms with E-state index in [4.69, 9.17) is 4.52 Å². The predicted molar refractivity (Wildman–Crippen MR) is 105 cm³/mol. The van der Waals surface area contributed by atoms with Gasteiger partial charge in [-0.15, -0.1) is 0 Å². The fourth-order valence-electron chi connectivity index (χ4n) is 3.82. The number of benzene rings is 2. The molecule has 3 heterocycles. The van der Waals surface area contributed by atoms with Gasteiger partial charge in [0.15, 0.2) is 0 Å². The van der Waals surface area contributed by atoms with Crippen molar-refractivity contribution in [2.24, 2.45) is 0 Å². The smallest absolute Gasteiger partial charge is 0.323 e. The van der Waals surface area contributed by atoms with Gasteiger partial charge < -0.3 is 14.5 Å². The Labute approximate surface area is 162 Å². The Morgan fingerprint density at radius 1 is 1.03 bits per heavy atom. The first-order valence-electron chi connectivity index (χ1n) is 8.86. The Morgan fingerprint density at radius 3 is 2.62 bits per heavy atom. The molecule has 0 aliphatic rings. The predicted octanol–water partition coefficient (Wildman–Crippen LogP) is 4.62. The molecule has 0 aliphatic carbocycles. The van der Waals surface area contributed by atoms with E-state index >= 15 is 0 Å². The van der Waals surface area contributed by atoms with E-state index in [2.05, 4.69) is 20.1 Å². The lowest BCUT2D eigenvalue weighted by Gasteiger charge is -2.11. The summed E-state index contributed by atoms with van der Waals surface area (Å²) in [5.41, 5.74) is 4.17. The fraction of sp³-hybridized carbons (Fsp3) is 0.0952. The zero-order valence-corrected chi connectivity index (χ0v) is 15.4. The molecule has 0 atom stereocenters. The molecule has 5 rings (SSSR count). The maximum atomic E-state index is 14.7. The maximum absolute atomic E-state index is 14.7. The number of fused-ring (bicyclic) bond motifs is 2. The van der Waals surface area contributed by atoms with Gasteiger partial charge in [0.2, 0.25) is 0 Å². The number of nitrogens with one attached hydrogen (secondary N) is 2. The van der Waals surface area contributed by atoms with Crippen LogP contribution in [0.15, 0.2) is 45.8 Å². The van der Waals surface area contributed by atoms with E-state index in [1.54, 1.807) is 13.0 Å². The number of aryl methyl sites for hydroxylation is 2. The highest BCUT2D eigenvalue weighted by Gasteiger charge is 2.19. The zero-order valence-electron chi connectivity index (χ0n) is 15.4. The third-order valence-corrected chi connectivity index (χ3v) is 5.00. The molecule has 2 aromatic carbocycles. The first-order chi connectivity index (χ1) is 13.9. The van der Waals surface area contributed by atoms with Crippen LogP contribution in [0.4, 0.5) is 8.78 Å². The quantitative estimate of drug-likeness (QED) is 0.459. The molecule has 0 aliphatic heterocycles. The molecule has 8 heteroatoms. The second-order valence-electron chi connectivity index (χ2n) is 6.86. The standard InChI is InChI=1S/C21H14F2N4O2/c1-9-18(10(2)29-27-9)11-5-14(20-17(6-11)25-21(28)26-20)13-3-4-24-16-8-12(22)7-15(23)19(13)16/h3-8H,1-2H3,(H2,25,26,28). The Morgan fingerprint density at radius 2 is 1.86 bits per heavy atom. The molecule has 2 N–H and O–H groups in total. The molecule has 5 aromatic rings. The van der Waals surface area contributed by atoms with Crippen molar-refractivity contribution in [1.29, 1.82) is 0 Å². The van der Waals surface area contributed by atoms with Crippen molar-refractivity contribution < 1.29 is 13.3 Å². The van der Waals surface area contributed by atoms with Crippen molar-refractivity contribution in [3.63, 3.8) is 0 Å². The molecule has 3 aromatic heterocycles. The molecule has 29 heavy (non-hydrogen) atoms. The number of imidazole rings is 1. The lowest BCUT2D eigenvalue weighted by atomic mass is 9.94. The zero-order chi connectivity index (χ0) is 20.3. The van der Waals surface area contributed by atoms with Crippen LogP contribution in [-0.2, 0) is 0 Å². The molecule has 0 fully saturated rings. The van der Waals surface area contributed by atoms with Gasteiger partial charge in [-0.1, -0.05) is 5.16 Å². The summed E-state index contributed by atoms with van der Waals surface area (Å²) >= 11 is 0. The second-order valence-corrected chi connectivity index (χ2v) is 6.86. The van der Waals surface area contributed by atoms with Crippen molar-refractivity contribution in [2.45, 2.75) is 13.8 Å². The molecule has 0 saturated heterocycles. The van der Waals surface area contributed by atoms with Crippen LogP contribution in [0.25, 0.3) is 44.2 Å². The lowest BCUT2D eigenvalue weighted by molar-refractivity contribution is 0.393. The summed E-state index contributed by atoms with van der Waals surface area (Å²) in [7, 11) is 0. The van der Waals surface area contributed by atoms with Crippen LogP contribution in [0.5, 0.6) is 0 Å². The molecule has 0 spiro atoms. The highest BCUT2D eigenvalue weighted by Crippen LogP contribution is 2.38. The fourth-order valence-corrected chi connectivity index (χ4v) is 3.82. The number of halogens is 2. The minimum atomic E-state index is -0.725. The van der Waals surface area contributed by atoms with Crippen molar-refractivity contribution in [1.82, 2.24) is 20.1 Å². The van der Waals surface area contributed by atoms with Crippen LogP contribution in [-0.4, -0.2) is 20.1 Å². The van der Waals surface area contributed by atoms with Gasteiger partial charge in [0.1, 0.15) is 17.4 Å². The highest BCUT2D eigenvalue weighted by molar-refractivity contribution is 6.04. The van der Waals surface area contributed by atoms with Gasteiger partial charge >= 0.3 is 5.69 Å². The van der Waals surface area contributed by atoms with E-state index in [0.717, 1.165) is 17.2 Å². The van der Waals surface area contributed by atoms with E-state index in [1.807, 2.05) is 19.1 Å². The lowest BCUT2D eigenvalue weighted by Crippen LogP contribution is -1.99. The number of pyridine rings is 1. The van der Waals surface area contributed by atoms with Gasteiger partial charge in [0.25, 0.3) is 0 Å². The number of nitrogens with zero attached hydrogens (tertiary/aromatic N) is 2. The van der Waals surface area contributed by atoms with Gasteiger partial charge in [-0.05, 0) is 43.2 Å². The Hall–Kier alpha value is -3.81.